The van der Waals surface area contributed by atoms with Gasteiger partial charge in [0, 0.05) is 33.8 Å². The fourth-order valence-corrected chi connectivity index (χ4v) is 9.07. The highest BCUT2D eigenvalue weighted by molar-refractivity contribution is 6.15. The summed E-state index contributed by atoms with van der Waals surface area (Å²) < 4.78 is 6.64. The lowest BCUT2D eigenvalue weighted by atomic mass is 9.67. The van der Waals surface area contributed by atoms with Gasteiger partial charge in [-0.2, -0.15) is 0 Å². The molecule has 0 N–H and O–H groups in total. The average molecular weight is 718 g/mol. The van der Waals surface area contributed by atoms with E-state index in [-0.39, 0.29) is 0 Å². The Labute approximate surface area is 327 Å². The number of allylic oxidation sites excluding steroid dienone is 2. The molecule has 56 heavy (non-hydrogen) atoms. The summed E-state index contributed by atoms with van der Waals surface area (Å²) in [6, 6.07) is 68.5. The third-order valence-corrected chi connectivity index (χ3v) is 11.5. The third kappa shape index (κ3) is 5.18. The van der Waals surface area contributed by atoms with Gasteiger partial charge >= 0.3 is 0 Å². The number of nitrogens with zero attached hydrogens (tertiary/aromatic N) is 1. The van der Waals surface area contributed by atoms with Gasteiger partial charge in [0.1, 0.15) is 11.3 Å². The fourth-order valence-electron chi connectivity index (χ4n) is 9.07. The lowest BCUT2D eigenvalue weighted by Gasteiger charge is -2.35. The number of anilines is 3. The van der Waals surface area contributed by atoms with E-state index in [9.17, 15) is 0 Å². The Bertz CT molecular complexity index is 2890. The number of furan rings is 1. The second-order valence-corrected chi connectivity index (χ2v) is 14.5. The van der Waals surface area contributed by atoms with Gasteiger partial charge in [0.2, 0.25) is 0 Å². The van der Waals surface area contributed by atoms with E-state index in [1.54, 1.807) is 6.08 Å². The van der Waals surface area contributed by atoms with Crippen molar-refractivity contribution in [1.29, 1.82) is 0 Å². The Morgan fingerprint density at radius 1 is 0.536 bits per heavy atom. The van der Waals surface area contributed by atoms with Crippen LogP contribution in [-0.4, -0.2) is 0 Å². The molecule has 266 valence electrons. The van der Waals surface area contributed by atoms with Crippen LogP contribution < -0.4 is 4.90 Å². The molecule has 9 aromatic rings. The minimum absolute atomic E-state index is 0.524. The minimum atomic E-state index is -0.524. The van der Waals surface area contributed by atoms with Gasteiger partial charge in [-0.1, -0.05) is 176 Å². The van der Waals surface area contributed by atoms with Crippen LogP contribution in [0.1, 0.15) is 33.6 Å². The lowest BCUT2D eigenvalue weighted by Crippen LogP contribution is -2.28. The second-order valence-electron chi connectivity index (χ2n) is 14.5. The summed E-state index contributed by atoms with van der Waals surface area (Å²) in [7, 11) is 0. The molecular weight excluding hydrogens is 679 g/mol. The minimum Gasteiger partial charge on any atom is -0.456 e. The molecule has 2 nitrogen and oxygen atoms in total. The summed E-state index contributed by atoms with van der Waals surface area (Å²) in [5, 5.41) is 3.43. The zero-order valence-electron chi connectivity index (χ0n) is 31.2. The molecule has 1 aliphatic carbocycles. The summed E-state index contributed by atoms with van der Waals surface area (Å²) in [6.45, 7) is 6.03. The molecule has 0 fully saturated rings. The van der Waals surface area contributed by atoms with Crippen molar-refractivity contribution in [3.63, 3.8) is 0 Å². The van der Waals surface area contributed by atoms with Gasteiger partial charge in [-0.25, -0.2) is 0 Å². The molecule has 8 aromatic carbocycles. The fraction of sp³-hybridized carbons (Fsp3) is 0.0370. The van der Waals surface area contributed by atoms with Crippen LogP contribution in [0.25, 0.3) is 50.1 Å². The number of benzene rings is 8. The van der Waals surface area contributed by atoms with Gasteiger partial charge in [-0.05, 0) is 87.2 Å². The Kier molecular flexibility index (Phi) is 8.12. The molecule has 0 spiro atoms. The van der Waals surface area contributed by atoms with Crippen LogP contribution in [0, 0.1) is 6.92 Å². The van der Waals surface area contributed by atoms with Gasteiger partial charge in [0.05, 0.1) is 11.1 Å². The highest BCUT2D eigenvalue weighted by atomic mass is 16.3. The maximum atomic E-state index is 6.64. The van der Waals surface area contributed by atoms with Crippen LogP contribution in [-0.2, 0) is 5.41 Å². The maximum absolute atomic E-state index is 6.64. The van der Waals surface area contributed by atoms with Crippen LogP contribution in [0.15, 0.2) is 211 Å². The van der Waals surface area contributed by atoms with E-state index >= 15 is 0 Å². The molecule has 2 heteroatoms. The van der Waals surface area contributed by atoms with Crippen LogP contribution in [0.2, 0.25) is 0 Å². The Morgan fingerprint density at radius 2 is 1.12 bits per heavy atom. The molecule has 0 bridgehead atoms. The summed E-state index contributed by atoms with van der Waals surface area (Å²) in [5.41, 5.74) is 14.6. The van der Waals surface area contributed by atoms with Crippen molar-refractivity contribution in [3.8, 4) is 22.3 Å². The summed E-state index contributed by atoms with van der Waals surface area (Å²) in [4.78, 5) is 2.41. The van der Waals surface area contributed by atoms with Crippen LogP contribution in [0.5, 0.6) is 0 Å². The van der Waals surface area contributed by atoms with E-state index < -0.39 is 5.41 Å². The van der Waals surface area contributed by atoms with Gasteiger partial charge < -0.3 is 9.32 Å². The van der Waals surface area contributed by atoms with E-state index in [4.69, 9.17) is 4.42 Å². The quantitative estimate of drug-likeness (QED) is 0.146. The van der Waals surface area contributed by atoms with Gasteiger partial charge in [-0.15, -0.1) is 0 Å². The molecule has 0 saturated heterocycles. The molecule has 0 radical (unpaired) electrons. The average Bonchev–Trinajstić information content (AvgIpc) is 3.75. The first-order valence-electron chi connectivity index (χ1n) is 19.2. The number of aryl methyl sites for hydroxylation is 1. The summed E-state index contributed by atoms with van der Waals surface area (Å²) >= 11 is 0. The van der Waals surface area contributed by atoms with E-state index in [1.807, 2.05) is 12.2 Å². The summed E-state index contributed by atoms with van der Waals surface area (Å²) in [6.07, 6.45) is 5.72. The first-order chi connectivity index (χ1) is 27.7. The normalized spacial score (nSPS) is 12.9. The van der Waals surface area contributed by atoms with Gasteiger partial charge in [-0.3, -0.25) is 0 Å². The molecule has 0 amide bonds. The molecule has 0 saturated carbocycles. The Hall–Kier alpha value is -7.16. The zero-order chi connectivity index (χ0) is 37.6. The standard InChI is InChI=1S/C54H39NO/c1-3-4-30-51-37(2)53-47-27-12-11-26-46(47)50(36-52(53)56-51)55(42-33-31-39(32-34-42)38-18-7-5-8-19-38)43-23-17-22-41(35-43)54(40-20-9-6-10-21-40)48-28-15-13-24-44(48)45-25-14-16-29-49(45)54/h3-36H,1H2,2H3/b30-4-. The number of hydrogen-bond donors (Lipinski definition) is 0. The van der Waals surface area contributed by atoms with E-state index in [0.717, 1.165) is 50.1 Å². The van der Waals surface area contributed by atoms with Crippen molar-refractivity contribution in [2.75, 3.05) is 4.90 Å². The van der Waals surface area contributed by atoms with Crippen molar-refractivity contribution >= 4 is 44.9 Å². The van der Waals surface area contributed by atoms with Crippen molar-refractivity contribution in [2.24, 2.45) is 0 Å². The van der Waals surface area contributed by atoms with E-state index in [0.29, 0.717) is 0 Å². The lowest BCUT2D eigenvalue weighted by molar-refractivity contribution is 0.601. The third-order valence-electron chi connectivity index (χ3n) is 11.5. The van der Waals surface area contributed by atoms with Crippen molar-refractivity contribution in [2.45, 2.75) is 12.3 Å². The smallest absolute Gasteiger partial charge is 0.137 e. The van der Waals surface area contributed by atoms with Crippen molar-refractivity contribution < 1.29 is 4.42 Å². The molecule has 0 unspecified atom stereocenters. The van der Waals surface area contributed by atoms with Crippen molar-refractivity contribution in [1.82, 2.24) is 0 Å². The molecule has 10 rings (SSSR count). The maximum Gasteiger partial charge on any atom is 0.137 e. The van der Waals surface area contributed by atoms with Crippen LogP contribution in [0.3, 0.4) is 0 Å². The molecule has 0 aliphatic heterocycles. The first kappa shape index (κ1) is 33.4. The monoisotopic (exact) mass is 717 g/mol. The molecule has 1 aromatic heterocycles. The van der Waals surface area contributed by atoms with E-state index in [1.165, 1.54) is 44.5 Å². The van der Waals surface area contributed by atoms with Crippen LogP contribution in [0.4, 0.5) is 17.1 Å². The zero-order valence-corrected chi connectivity index (χ0v) is 31.2. The summed E-state index contributed by atoms with van der Waals surface area (Å²) in [5.74, 6) is 0.839. The van der Waals surface area contributed by atoms with Gasteiger partial charge in [0.25, 0.3) is 0 Å². The Balaban J connectivity index is 1.25. The highest BCUT2D eigenvalue weighted by Gasteiger charge is 2.46. The second kappa shape index (κ2) is 13.6. The van der Waals surface area contributed by atoms with Crippen LogP contribution >= 0.6 is 0 Å². The molecule has 0 atom stereocenters. The first-order valence-corrected chi connectivity index (χ1v) is 19.2. The number of rotatable bonds is 8. The predicted molar refractivity (Wildman–Crippen MR) is 235 cm³/mol. The van der Waals surface area contributed by atoms with Gasteiger partial charge in [0.15, 0.2) is 0 Å². The number of fused-ring (bicyclic) bond motifs is 6. The van der Waals surface area contributed by atoms with Crippen molar-refractivity contribution in [3.05, 3.63) is 240 Å². The topological polar surface area (TPSA) is 16.4 Å². The SMILES string of the molecule is C=C/C=C\c1oc2cc(N(c3ccc(-c4ccccc4)cc3)c3cccc(C4(c5ccccc5)c5ccccc5-c5ccccc54)c3)c3ccccc3c2c1C. The number of hydrogen-bond acceptors (Lipinski definition) is 2. The largest absolute Gasteiger partial charge is 0.456 e. The van der Waals surface area contributed by atoms with E-state index in [2.05, 4.69) is 206 Å². The molecule has 1 aliphatic rings. The highest BCUT2D eigenvalue weighted by Crippen LogP contribution is 2.57. The predicted octanol–water partition coefficient (Wildman–Crippen LogP) is 14.6. The Morgan fingerprint density at radius 3 is 1.82 bits per heavy atom. The molecule has 1 heterocycles. The molecular formula is C54H39NO.